The van der Waals surface area contributed by atoms with Crippen molar-refractivity contribution < 1.29 is 9.59 Å². The quantitative estimate of drug-likeness (QED) is 0.849. The second kappa shape index (κ2) is 7.84. The molecule has 3 atom stereocenters. The first-order valence-electron chi connectivity index (χ1n) is 8.90. The van der Waals surface area contributed by atoms with E-state index in [4.69, 9.17) is 5.73 Å². The Morgan fingerprint density at radius 3 is 2.52 bits per heavy atom. The average molecular weight is 344 g/mol. The van der Waals surface area contributed by atoms with Gasteiger partial charge >= 0.3 is 0 Å². The van der Waals surface area contributed by atoms with Crippen LogP contribution in [0.3, 0.4) is 0 Å². The van der Waals surface area contributed by atoms with Crippen LogP contribution in [0.2, 0.25) is 0 Å². The summed E-state index contributed by atoms with van der Waals surface area (Å²) in [5.74, 6) is 0.644. The summed E-state index contributed by atoms with van der Waals surface area (Å²) in [6.45, 7) is 4.27. The Morgan fingerprint density at radius 1 is 1.17 bits per heavy atom. The van der Waals surface area contributed by atoms with Gasteiger partial charge in [-0.05, 0) is 38.5 Å². The summed E-state index contributed by atoms with van der Waals surface area (Å²) in [7, 11) is 0. The highest BCUT2D eigenvalue weighted by molar-refractivity contribution is 5.89. The number of carbonyl (C=O) groups excluding carboxylic acids is 2. The maximum absolute atomic E-state index is 12.8. The lowest BCUT2D eigenvalue weighted by molar-refractivity contribution is -0.137. The van der Waals surface area contributed by atoms with Crippen LogP contribution in [0.1, 0.15) is 51.9 Å². The van der Waals surface area contributed by atoms with Gasteiger partial charge in [-0.1, -0.05) is 12.8 Å². The Hall–Kier alpha value is -0.810. The normalized spacial score (nSPS) is 30.4. The molecule has 0 aromatic heterocycles. The Labute approximate surface area is 145 Å². The van der Waals surface area contributed by atoms with Gasteiger partial charge in [-0.3, -0.25) is 9.59 Å². The van der Waals surface area contributed by atoms with E-state index in [-0.39, 0.29) is 36.2 Å². The molecule has 2 N–H and O–H groups in total. The predicted octanol–water partition coefficient (Wildman–Crippen LogP) is 1.79. The maximum Gasteiger partial charge on any atom is 0.228 e. The Kier molecular flexibility index (Phi) is 6.32. The van der Waals surface area contributed by atoms with Crippen LogP contribution in [0, 0.1) is 11.8 Å². The van der Waals surface area contributed by atoms with Gasteiger partial charge in [-0.15, -0.1) is 12.4 Å². The van der Waals surface area contributed by atoms with Gasteiger partial charge < -0.3 is 15.5 Å². The number of nitrogens with zero attached hydrogens (tertiary/aromatic N) is 2. The van der Waals surface area contributed by atoms with Gasteiger partial charge in [-0.2, -0.15) is 0 Å². The van der Waals surface area contributed by atoms with Crippen molar-refractivity contribution in [3.63, 3.8) is 0 Å². The lowest BCUT2D eigenvalue weighted by atomic mass is 9.91. The van der Waals surface area contributed by atoms with Crippen molar-refractivity contribution in [1.82, 2.24) is 9.80 Å². The predicted molar refractivity (Wildman–Crippen MR) is 92.3 cm³/mol. The minimum absolute atomic E-state index is 0. The van der Waals surface area contributed by atoms with Crippen LogP contribution >= 0.6 is 12.4 Å². The van der Waals surface area contributed by atoms with Crippen molar-refractivity contribution in [3.8, 4) is 0 Å². The molecular weight excluding hydrogens is 314 g/mol. The summed E-state index contributed by atoms with van der Waals surface area (Å²) in [6.07, 6.45) is 7.22. The van der Waals surface area contributed by atoms with Gasteiger partial charge in [0, 0.05) is 38.1 Å². The molecule has 5 nitrogen and oxygen atoms in total. The number of hydrogen-bond donors (Lipinski definition) is 1. The molecule has 3 fully saturated rings. The van der Waals surface area contributed by atoms with Gasteiger partial charge in [0.2, 0.25) is 11.8 Å². The topological polar surface area (TPSA) is 66.6 Å². The van der Waals surface area contributed by atoms with Crippen LogP contribution < -0.4 is 5.73 Å². The van der Waals surface area contributed by atoms with E-state index in [0.717, 1.165) is 38.8 Å². The summed E-state index contributed by atoms with van der Waals surface area (Å²) in [6, 6.07) is 0.527. The van der Waals surface area contributed by atoms with Crippen LogP contribution in [-0.2, 0) is 9.59 Å². The van der Waals surface area contributed by atoms with Crippen LogP contribution in [0.5, 0.6) is 0 Å². The van der Waals surface area contributed by atoms with E-state index in [2.05, 4.69) is 0 Å². The van der Waals surface area contributed by atoms with Gasteiger partial charge in [0.25, 0.3) is 0 Å². The summed E-state index contributed by atoms with van der Waals surface area (Å²) >= 11 is 0. The highest BCUT2D eigenvalue weighted by Gasteiger charge is 2.40. The number of likely N-dealkylation sites (tertiary alicyclic amines) is 2. The Balaban J connectivity index is 0.00000192. The fourth-order valence-electron chi connectivity index (χ4n) is 4.36. The fraction of sp³-hybridized carbons (Fsp3) is 0.882. The molecule has 3 aliphatic rings. The second-order valence-electron chi connectivity index (χ2n) is 7.43. The minimum atomic E-state index is -0.125. The highest BCUT2D eigenvalue weighted by Crippen LogP contribution is 2.31. The summed E-state index contributed by atoms with van der Waals surface area (Å²) in [5, 5.41) is 0. The van der Waals surface area contributed by atoms with Gasteiger partial charge in [0.15, 0.2) is 0 Å². The first-order chi connectivity index (χ1) is 10.6. The lowest BCUT2D eigenvalue weighted by Gasteiger charge is -2.36. The van der Waals surface area contributed by atoms with Crippen molar-refractivity contribution in [2.24, 2.45) is 17.6 Å². The van der Waals surface area contributed by atoms with Crippen molar-refractivity contribution in [2.45, 2.75) is 64.0 Å². The molecule has 0 radical (unpaired) electrons. The van der Waals surface area contributed by atoms with Crippen molar-refractivity contribution in [1.29, 1.82) is 0 Å². The molecule has 0 aromatic carbocycles. The van der Waals surface area contributed by atoms with Gasteiger partial charge in [0.1, 0.15) is 0 Å². The number of hydrogen-bond acceptors (Lipinski definition) is 3. The van der Waals surface area contributed by atoms with Crippen LogP contribution in [-0.4, -0.2) is 53.3 Å². The molecule has 132 valence electrons. The summed E-state index contributed by atoms with van der Waals surface area (Å²) in [4.78, 5) is 29.0. The largest absolute Gasteiger partial charge is 0.342 e. The van der Waals surface area contributed by atoms with Gasteiger partial charge in [-0.25, -0.2) is 0 Å². The molecule has 2 amide bonds. The number of halogens is 1. The van der Waals surface area contributed by atoms with E-state index >= 15 is 0 Å². The molecule has 6 heteroatoms. The van der Waals surface area contributed by atoms with E-state index in [1.165, 1.54) is 12.8 Å². The molecular formula is C17H30ClN3O2. The van der Waals surface area contributed by atoms with Crippen LogP contribution in [0.4, 0.5) is 0 Å². The van der Waals surface area contributed by atoms with E-state index < -0.39 is 0 Å². The molecule has 2 heterocycles. The van der Waals surface area contributed by atoms with Crippen LogP contribution in [0.15, 0.2) is 0 Å². The molecule has 0 bridgehead atoms. The van der Waals surface area contributed by atoms with Crippen LogP contribution in [0.25, 0.3) is 0 Å². The second-order valence-corrected chi connectivity index (χ2v) is 7.43. The number of amides is 2. The molecule has 3 rings (SSSR count). The molecule has 23 heavy (non-hydrogen) atoms. The molecule has 0 aromatic rings. The Morgan fingerprint density at radius 2 is 1.87 bits per heavy atom. The minimum Gasteiger partial charge on any atom is -0.342 e. The summed E-state index contributed by atoms with van der Waals surface area (Å²) in [5.41, 5.74) is 6.01. The third-order valence-corrected chi connectivity index (χ3v) is 5.79. The molecule has 3 unspecified atom stereocenters. The van der Waals surface area contributed by atoms with E-state index in [1.54, 1.807) is 0 Å². The maximum atomic E-state index is 12.8. The number of rotatable bonds is 3. The summed E-state index contributed by atoms with van der Waals surface area (Å²) < 4.78 is 0. The lowest BCUT2D eigenvalue weighted by Crippen LogP contribution is -2.47. The van der Waals surface area contributed by atoms with E-state index in [0.29, 0.717) is 24.9 Å². The molecule has 1 aliphatic carbocycles. The first-order valence-corrected chi connectivity index (χ1v) is 8.90. The average Bonchev–Trinajstić information content (AvgIpc) is 3.15. The number of piperidine rings is 1. The fourth-order valence-corrected chi connectivity index (χ4v) is 4.36. The number of carbonyl (C=O) groups is 2. The van der Waals surface area contributed by atoms with Crippen molar-refractivity contribution >= 4 is 24.2 Å². The zero-order valence-corrected chi connectivity index (χ0v) is 14.9. The molecule has 2 aliphatic heterocycles. The zero-order chi connectivity index (χ0) is 15.7. The molecule has 1 saturated carbocycles. The first kappa shape index (κ1) is 18.5. The monoisotopic (exact) mass is 343 g/mol. The smallest absolute Gasteiger partial charge is 0.228 e. The van der Waals surface area contributed by atoms with Gasteiger partial charge in [0.05, 0.1) is 5.92 Å². The molecule has 2 saturated heterocycles. The van der Waals surface area contributed by atoms with Crippen molar-refractivity contribution in [3.05, 3.63) is 0 Å². The standard InChI is InChI=1S/C17H29N3O2.ClH/c1-12(18)13-5-4-8-19(10-13)17(22)14-9-16(21)20(11-14)15-6-2-3-7-15;/h12-15H,2-11,18H2,1H3;1H. The third kappa shape index (κ3) is 4.00. The third-order valence-electron chi connectivity index (χ3n) is 5.79. The highest BCUT2D eigenvalue weighted by atomic mass is 35.5. The van der Waals surface area contributed by atoms with E-state index in [1.807, 2.05) is 16.7 Å². The Bertz CT molecular complexity index is 438. The zero-order valence-electron chi connectivity index (χ0n) is 14.1. The SMILES string of the molecule is CC(N)C1CCCN(C(=O)C2CC(=O)N(C3CCCC3)C2)C1.Cl. The van der Waals surface area contributed by atoms with Crippen molar-refractivity contribution in [2.75, 3.05) is 19.6 Å². The van der Waals surface area contributed by atoms with E-state index in [9.17, 15) is 9.59 Å². The molecule has 0 spiro atoms. The number of nitrogens with two attached hydrogens (primary N) is 1.